The molecule has 6 heteroatoms. The minimum Gasteiger partial charge on any atom is -0.381 e. The molecule has 0 radical (unpaired) electrons. The summed E-state index contributed by atoms with van der Waals surface area (Å²) in [5.74, 6) is -0.829. The van der Waals surface area contributed by atoms with Crippen LogP contribution >= 0.6 is 0 Å². The molecule has 0 aliphatic carbocycles. The average molecular weight is 338 g/mol. The number of amides is 1. The van der Waals surface area contributed by atoms with Crippen LogP contribution in [-0.4, -0.2) is 15.7 Å². The number of primary amides is 1. The van der Waals surface area contributed by atoms with Crippen molar-refractivity contribution < 1.29 is 9.18 Å². The van der Waals surface area contributed by atoms with E-state index >= 15 is 0 Å². The number of nitrogens with two attached hydrogens (primary N) is 1. The van der Waals surface area contributed by atoms with Gasteiger partial charge < -0.3 is 11.1 Å². The molecular weight excluding hydrogens is 319 g/mol. The summed E-state index contributed by atoms with van der Waals surface area (Å²) in [6, 6.07) is 13.8. The predicted octanol–water partition coefficient (Wildman–Crippen LogP) is 3.34. The Hall–Kier alpha value is -3.15. The first kappa shape index (κ1) is 16.7. The predicted molar refractivity (Wildman–Crippen MR) is 95.3 cm³/mol. The first-order valence-corrected chi connectivity index (χ1v) is 7.90. The molecule has 0 saturated carbocycles. The second-order valence-electron chi connectivity index (χ2n) is 5.92. The van der Waals surface area contributed by atoms with E-state index < -0.39 is 5.91 Å². The molecule has 5 nitrogen and oxygen atoms in total. The van der Waals surface area contributed by atoms with Crippen molar-refractivity contribution in [2.75, 3.05) is 5.32 Å². The van der Waals surface area contributed by atoms with E-state index in [4.69, 9.17) is 5.73 Å². The van der Waals surface area contributed by atoms with Crippen LogP contribution < -0.4 is 11.1 Å². The van der Waals surface area contributed by atoms with Gasteiger partial charge in [-0.05, 0) is 55.8 Å². The Morgan fingerprint density at radius 1 is 1.20 bits per heavy atom. The Kier molecular flexibility index (Phi) is 4.52. The van der Waals surface area contributed by atoms with E-state index in [2.05, 4.69) is 10.4 Å². The van der Waals surface area contributed by atoms with E-state index in [1.54, 1.807) is 35.0 Å². The van der Waals surface area contributed by atoms with Crippen LogP contribution in [0, 0.1) is 19.7 Å². The number of halogens is 1. The molecule has 0 unspecified atom stereocenters. The number of carbonyl (C=O) groups excluding carboxylic acids is 1. The Morgan fingerprint density at radius 3 is 2.64 bits per heavy atom. The van der Waals surface area contributed by atoms with E-state index in [0.29, 0.717) is 23.5 Å². The van der Waals surface area contributed by atoms with E-state index in [1.165, 1.54) is 6.07 Å². The average Bonchev–Trinajstić information content (AvgIpc) is 2.91. The van der Waals surface area contributed by atoms with Gasteiger partial charge in [-0.15, -0.1) is 0 Å². The van der Waals surface area contributed by atoms with E-state index in [1.807, 2.05) is 26.0 Å². The smallest absolute Gasteiger partial charge is 0.248 e. The highest BCUT2D eigenvalue weighted by Gasteiger charge is 2.10. The molecule has 0 saturated heterocycles. The Morgan fingerprint density at radius 2 is 2.00 bits per heavy atom. The molecule has 3 aromatic rings. The zero-order valence-electron chi connectivity index (χ0n) is 14.1. The molecule has 0 spiro atoms. The van der Waals surface area contributed by atoms with Gasteiger partial charge in [-0.3, -0.25) is 4.79 Å². The molecule has 1 amide bonds. The first-order valence-electron chi connectivity index (χ1n) is 7.90. The van der Waals surface area contributed by atoms with Crippen molar-refractivity contribution in [2.24, 2.45) is 5.73 Å². The molecule has 3 rings (SSSR count). The summed E-state index contributed by atoms with van der Waals surface area (Å²) >= 11 is 0. The Balaban J connectivity index is 1.76. The van der Waals surface area contributed by atoms with Crippen LogP contribution in [0.15, 0.2) is 48.5 Å². The fraction of sp³-hybridized carbons (Fsp3) is 0.158. The summed E-state index contributed by atoms with van der Waals surface area (Å²) in [7, 11) is 0. The highest BCUT2D eigenvalue weighted by Crippen LogP contribution is 2.20. The van der Waals surface area contributed by atoms with Gasteiger partial charge in [-0.1, -0.05) is 12.1 Å². The fourth-order valence-electron chi connectivity index (χ4n) is 2.70. The lowest BCUT2D eigenvalue weighted by atomic mass is 10.1. The van der Waals surface area contributed by atoms with Gasteiger partial charge in [0, 0.05) is 23.5 Å². The largest absolute Gasteiger partial charge is 0.381 e. The van der Waals surface area contributed by atoms with Crippen molar-refractivity contribution >= 4 is 11.6 Å². The van der Waals surface area contributed by atoms with Crippen molar-refractivity contribution in [3.05, 3.63) is 76.9 Å². The normalized spacial score (nSPS) is 10.7. The van der Waals surface area contributed by atoms with E-state index in [0.717, 1.165) is 17.0 Å². The van der Waals surface area contributed by atoms with Crippen molar-refractivity contribution in [3.63, 3.8) is 0 Å². The fourth-order valence-corrected chi connectivity index (χ4v) is 2.70. The maximum absolute atomic E-state index is 14.5. The van der Waals surface area contributed by atoms with Crippen LogP contribution in [0.3, 0.4) is 0 Å². The van der Waals surface area contributed by atoms with E-state index in [9.17, 15) is 9.18 Å². The number of carbonyl (C=O) groups is 1. The zero-order chi connectivity index (χ0) is 18.0. The number of aryl methyl sites for hydroxylation is 2. The monoisotopic (exact) mass is 338 g/mol. The van der Waals surface area contributed by atoms with Crippen LogP contribution in [0.25, 0.3) is 5.69 Å². The lowest BCUT2D eigenvalue weighted by Gasteiger charge is -2.10. The van der Waals surface area contributed by atoms with E-state index in [-0.39, 0.29) is 5.82 Å². The number of hydrogen-bond acceptors (Lipinski definition) is 3. The SMILES string of the molecule is Cc1cc(C)n(-c2ccc(NCc3cccc(C(N)=O)c3)cc2F)n1. The van der Waals surface area contributed by atoms with Gasteiger partial charge in [-0.25, -0.2) is 9.07 Å². The number of rotatable bonds is 5. The number of anilines is 1. The van der Waals surface area contributed by atoms with Gasteiger partial charge in [-0.2, -0.15) is 5.10 Å². The molecular formula is C19H19FN4O. The zero-order valence-corrected chi connectivity index (χ0v) is 14.1. The van der Waals surface area contributed by atoms with Crippen LogP contribution in [-0.2, 0) is 6.54 Å². The Labute approximate surface area is 145 Å². The number of benzene rings is 2. The minimum absolute atomic E-state index is 0.359. The van der Waals surface area contributed by atoms with Crippen LogP contribution in [0.2, 0.25) is 0 Å². The summed E-state index contributed by atoms with van der Waals surface area (Å²) in [6.45, 7) is 4.22. The first-order chi connectivity index (χ1) is 11.9. The highest BCUT2D eigenvalue weighted by molar-refractivity contribution is 5.92. The molecule has 128 valence electrons. The van der Waals surface area contributed by atoms with Crippen molar-refractivity contribution in [2.45, 2.75) is 20.4 Å². The molecule has 0 bridgehead atoms. The van der Waals surface area contributed by atoms with Crippen LogP contribution in [0.5, 0.6) is 0 Å². The third-order valence-electron chi connectivity index (χ3n) is 3.89. The molecule has 1 heterocycles. The number of hydrogen-bond donors (Lipinski definition) is 2. The third kappa shape index (κ3) is 3.68. The minimum atomic E-state index is -0.470. The maximum Gasteiger partial charge on any atom is 0.248 e. The lowest BCUT2D eigenvalue weighted by molar-refractivity contribution is 0.1000. The van der Waals surface area contributed by atoms with Gasteiger partial charge in [0.1, 0.15) is 5.69 Å². The summed E-state index contributed by atoms with van der Waals surface area (Å²) in [5, 5.41) is 7.45. The number of aromatic nitrogens is 2. The van der Waals surface area contributed by atoms with Crippen molar-refractivity contribution in [3.8, 4) is 5.69 Å². The van der Waals surface area contributed by atoms with Crippen LogP contribution in [0.4, 0.5) is 10.1 Å². The van der Waals surface area contributed by atoms with Crippen LogP contribution in [0.1, 0.15) is 27.3 Å². The second kappa shape index (κ2) is 6.76. The number of nitrogens with one attached hydrogen (secondary N) is 1. The molecule has 2 aromatic carbocycles. The third-order valence-corrected chi connectivity index (χ3v) is 3.89. The summed E-state index contributed by atoms with van der Waals surface area (Å²) in [4.78, 5) is 11.2. The summed E-state index contributed by atoms with van der Waals surface area (Å²) in [6.07, 6.45) is 0. The quantitative estimate of drug-likeness (QED) is 0.749. The van der Waals surface area contributed by atoms with Gasteiger partial charge in [0.25, 0.3) is 0 Å². The standard InChI is InChI=1S/C19H19FN4O/c1-12-8-13(2)24(23-12)18-7-6-16(10-17(18)20)22-11-14-4-3-5-15(9-14)19(21)25/h3-10,22H,11H2,1-2H3,(H2,21,25). The van der Waals surface area contributed by atoms with Gasteiger partial charge in [0.15, 0.2) is 5.82 Å². The molecule has 0 atom stereocenters. The molecule has 3 N–H and O–H groups in total. The highest BCUT2D eigenvalue weighted by atomic mass is 19.1. The Bertz CT molecular complexity index is 933. The molecule has 0 fully saturated rings. The van der Waals surface area contributed by atoms with Crippen molar-refractivity contribution in [1.29, 1.82) is 0 Å². The molecule has 0 aliphatic heterocycles. The van der Waals surface area contributed by atoms with Gasteiger partial charge in [0.2, 0.25) is 5.91 Å². The van der Waals surface area contributed by atoms with Gasteiger partial charge in [0.05, 0.1) is 5.69 Å². The number of nitrogens with zero attached hydrogens (tertiary/aromatic N) is 2. The van der Waals surface area contributed by atoms with Crippen molar-refractivity contribution in [1.82, 2.24) is 9.78 Å². The molecule has 0 aliphatic rings. The molecule has 25 heavy (non-hydrogen) atoms. The second-order valence-corrected chi connectivity index (χ2v) is 5.92. The topological polar surface area (TPSA) is 72.9 Å². The molecule has 1 aromatic heterocycles. The maximum atomic E-state index is 14.5. The van der Waals surface area contributed by atoms with Gasteiger partial charge >= 0.3 is 0 Å². The lowest BCUT2D eigenvalue weighted by Crippen LogP contribution is -2.11. The summed E-state index contributed by atoms with van der Waals surface area (Å²) in [5.41, 5.74) is 9.39. The summed E-state index contributed by atoms with van der Waals surface area (Å²) < 4.78 is 16.0.